The standard InChI is InChI=1S/C25H34N.C13H10O.2ClH.Ru/c1-18(2)21-14-11-15-22(19(3)4)23(21)26-17-25(7,16-24(26,5)6)20-12-9-8-10-13-20;1-11-7-5-6-10-13(11)14-12-8-3-2-4-9-12;;;/h8-15,17-19H,16H2,1-7H3;1-10H;2*1H;/q-1;;;;+2/p-2. The summed E-state index contributed by atoms with van der Waals surface area (Å²) in [6, 6.07) is 35.2. The Morgan fingerprint density at radius 1 is 0.744 bits per heavy atom. The predicted molar refractivity (Wildman–Crippen MR) is 184 cm³/mol. The van der Waals surface area contributed by atoms with Gasteiger partial charge in [-0.15, -0.1) is 5.41 Å². The maximum absolute atomic E-state index is 5.88. The van der Waals surface area contributed by atoms with Crippen LogP contribution in [0.4, 0.5) is 5.69 Å². The number of halogens is 2. The number of hydrogen-bond donors (Lipinski definition) is 0. The molecule has 2 nitrogen and oxygen atoms in total. The number of ether oxygens (including phenoxy) is 1. The number of benzene rings is 4. The van der Waals surface area contributed by atoms with Crippen molar-refractivity contribution in [2.75, 3.05) is 4.90 Å². The molecule has 0 aliphatic carbocycles. The third-order valence-corrected chi connectivity index (χ3v) is 9.79. The Hall–Kier alpha value is -2.45. The first-order valence-corrected chi connectivity index (χ1v) is 20.4. The van der Waals surface area contributed by atoms with Gasteiger partial charge < -0.3 is 4.90 Å². The summed E-state index contributed by atoms with van der Waals surface area (Å²) in [6.07, 6.45) is 1.12. The molecule has 230 valence electrons. The van der Waals surface area contributed by atoms with Gasteiger partial charge in [0.15, 0.2) is 0 Å². The van der Waals surface area contributed by atoms with E-state index < -0.39 is 13.5 Å². The average Bonchev–Trinajstić information content (AvgIpc) is 3.23. The van der Waals surface area contributed by atoms with Crippen molar-refractivity contribution in [2.45, 2.75) is 77.7 Å². The van der Waals surface area contributed by atoms with Crippen LogP contribution in [-0.4, -0.2) is 10.1 Å². The van der Waals surface area contributed by atoms with Crippen molar-refractivity contribution in [3.8, 4) is 11.5 Å². The molecule has 0 radical (unpaired) electrons. The van der Waals surface area contributed by atoms with E-state index in [9.17, 15) is 0 Å². The number of hydrogen-bond acceptors (Lipinski definition) is 2. The van der Waals surface area contributed by atoms with Gasteiger partial charge in [-0.1, -0.05) is 88.7 Å². The van der Waals surface area contributed by atoms with Gasteiger partial charge in [0.2, 0.25) is 0 Å². The Kier molecular flexibility index (Phi) is 11.3. The molecule has 1 saturated heterocycles. The molecular weight excluding hydrogens is 658 g/mol. The molecule has 4 aromatic carbocycles. The fraction of sp³-hybridized carbons (Fsp3) is 0.316. The molecule has 1 aliphatic rings. The molecular formula is C38H44Cl2NORu-. The van der Waals surface area contributed by atoms with Crippen molar-refractivity contribution in [3.63, 3.8) is 0 Å². The molecule has 0 amide bonds. The minimum absolute atomic E-state index is 0.0586. The van der Waals surface area contributed by atoms with Crippen molar-refractivity contribution in [1.29, 1.82) is 0 Å². The van der Waals surface area contributed by atoms with Crippen molar-refractivity contribution in [1.82, 2.24) is 0 Å². The van der Waals surface area contributed by atoms with Gasteiger partial charge in [-0.05, 0) is 43.2 Å². The van der Waals surface area contributed by atoms with Gasteiger partial charge in [0.1, 0.15) is 0 Å². The molecule has 0 saturated carbocycles. The molecule has 1 fully saturated rings. The van der Waals surface area contributed by atoms with Crippen LogP contribution in [0.15, 0.2) is 103 Å². The Morgan fingerprint density at radius 3 is 1.84 bits per heavy atom. The van der Waals surface area contributed by atoms with E-state index in [1.165, 1.54) is 22.4 Å². The van der Waals surface area contributed by atoms with Gasteiger partial charge in [0, 0.05) is 11.2 Å². The zero-order valence-electron chi connectivity index (χ0n) is 26.3. The Morgan fingerprint density at radius 2 is 1.28 bits per heavy atom. The van der Waals surface area contributed by atoms with Crippen molar-refractivity contribution in [2.24, 2.45) is 0 Å². The molecule has 1 atom stereocenters. The van der Waals surface area contributed by atoms with Crippen molar-refractivity contribution >= 4 is 29.7 Å². The van der Waals surface area contributed by atoms with E-state index in [4.69, 9.17) is 24.1 Å². The third-order valence-electron chi connectivity index (χ3n) is 7.96. The van der Waals surface area contributed by atoms with E-state index in [1.807, 2.05) is 59.2 Å². The van der Waals surface area contributed by atoms with Gasteiger partial charge >= 0.3 is 114 Å². The Bertz CT molecular complexity index is 1490. The Labute approximate surface area is 272 Å². The minimum atomic E-state index is -1.83. The summed E-state index contributed by atoms with van der Waals surface area (Å²) in [6.45, 7) is 18.9. The molecule has 5 rings (SSSR count). The summed E-state index contributed by atoms with van der Waals surface area (Å²) in [5.41, 5.74) is 6.84. The molecule has 5 heteroatoms. The monoisotopic (exact) mass is 702 g/mol. The van der Waals surface area contributed by atoms with Crippen LogP contribution in [-0.2, 0) is 18.9 Å². The summed E-state index contributed by atoms with van der Waals surface area (Å²) in [7, 11) is 11.8. The first-order valence-electron chi connectivity index (χ1n) is 14.9. The van der Waals surface area contributed by atoms with Gasteiger partial charge in [0.05, 0.1) is 0 Å². The summed E-state index contributed by atoms with van der Waals surface area (Å²) in [5.74, 6) is 2.60. The molecule has 0 N–H and O–H groups in total. The number of anilines is 1. The molecule has 1 aliphatic heterocycles. The molecule has 0 bridgehead atoms. The van der Waals surface area contributed by atoms with Crippen LogP contribution in [0.1, 0.15) is 89.0 Å². The molecule has 0 spiro atoms. The van der Waals surface area contributed by atoms with E-state index in [2.05, 4.69) is 108 Å². The van der Waals surface area contributed by atoms with Gasteiger partial charge in [0.25, 0.3) is 0 Å². The quantitative estimate of drug-likeness (QED) is 0.140. The average molecular weight is 703 g/mol. The summed E-state index contributed by atoms with van der Waals surface area (Å²) >= 11 is -1.83. The number of nitrogens with zero attached hydrogens (tertiary/aromatic N) is 1. The molecule has 43 heavy (non-hydrogen) atoms. The zero-order chi connectivity index (χ0) is 31.2. The zero-order valence-corrected chi connectivity index (χ0v) is 29.5. The summed E-state index contributed by atoms with van der Waals surface area (Å²) in [5, 5.41) is 0. The molecule has 1 unspecified atom stereocenters. The van der Waals surface area contributed by atoms with E-state index in [0.717, 1.165) is 23.5 Å². The second-order valence-corrected chi connectivity index (χ2v) is 18.4. The van der Waals surface area contributed by atoms with E-state index in [1.54, 1.807) is 0 Å². The third kappa shape index (κ3) is 8.39. The van der Waals surface area contributed by atoms with E-state index in [0.29, 0.717) is 11.8 Å². The van der Waals surface area contributed by atoms with Crippen LogP contribution >= 0.6 is 19.4 Å². The van der Waals surface area contributed by atoms with Crippen LogP contribution in [0, 0.1) is 6.54 Å². The second-order valence-electron chi connectivity index (χ2n) is 12.6. The van der Waals surface area contributed by atoms with Crippen LogP contribution in [0.3, 0.4) is 0 Å². The molecule has 4 aromatic rings. The fourth-order valence-electron chi connectivity index (χ4n) is 6.00. The topological polar surface area (TPSA) is 12.5 Å². The van der Waals surface area contributed by atoms with Gasteiger partial charge in [-0.25, -0.2) is 6.54 Å². The van der Waals surface area contributed by atoms with Crippen LogP contribution in [0.5, 0.6) is 11.5 Å². The van der Waals surface area contributed by atoms with Crippen molar-refractivity contribution in [3.05, 3.63) is 132 Å². The molecule has 1 heterocycles. The fourth-order valence-corrected chi connectivity index (χ4v) is 7.80. The Balaban J connectivity index is 0.000000215. The second kappa shape index (κ2) is 14.6. The summed E-state index contributed by atoms with van der Waals surface area (Å²) < 4.78 is 7.67. The van der Waals surface area contributed by atoms with Gasteiger partial charge in [-0.2, -0.15) is 0 Å². The first kappa shape index (κ1) is 33.4. The van der Waals surface area contributed by atoms with Crippen LogP contribution in [0.25, 0.3) is 0 Å². The van der Waals surface area contributed by atoms with Gasteiger partial charge in [-0.3, -0.25) is 0 Å². The van der Waals surface area contributed by atoms with Crippen molar-refractivity contribution < 1.29 is 18.3 Å². The summed E-state index contributed by atoms with van der Waals surface area (Å²) in [4.78, 5) is 2.59. The first-order chi connectivity index (χ1) is 20.4. The van der Waals surface area contributed by atoms with E-state index >= 15 is 0 Å². The SMILES string of the molecule is CC(C)c1cccc(C(C)C)c1N1[CH-]C(C)(c2ccccc2)CC1(C)C.[Cl][Ru]([Cl])=[CH]c1ccccc1Oc1ccccc1. The van der Waals surface area contributed by atoms with E-state index in [-0.39, 0.29) is 11.0 Å². The van der Waals surface area contributed by atoms with Crippen LogP contribution < -0.4 is 9.64 Å². The number of para-hydroxylation sites is 3. The number of rotatable bonds is 7. The molecule has 0 aromatic heterocycles. The normalized spacial score (nSPS) is 17.8. The maximum atomic E-state index is 5.88. The van der Waals surface area contributed by atoms with Crippen LogP contribution in [0.2, 0.25) is 0 Å². The predicted octanol–water partition coefficient (Wildman–Crippen LogP) is 11.6.